The highest BCUT2D eigenvalue weighted by atomic mass is 16.5. The number of carbonyl (C=O) groups excluding carboxylic acids is 3. The molecule has 1 saturated heterocycles. The van der Waals surface area contributed by atoms with Gasteiger partial charge in [0.2, 0.25) is 17.7 Å². The number of ether oxygens (including phenoxy) is 1. The van der Waals surface area contributed by atoms with Crippen LogP contribution in [0.25, 0.3) is 0 Å². The van der Waals surface area contributed by atoms with Crippen molar-refractivity contribution in [2.24, 2.45) is 0 Å². The van der Waals surface area contributed by atoms with Crippen molar-refractivity contribution >= 4 is 17.7 Å². The Morgan fingerprint density at radius 1 is 1.56 bits per heavy atom. The number of nitrogens with one attached hydrogen (secondary N) is 1. The molecule has 1 N–H and O–H groups in total. The summed E-state index contributed by atoms with van der Waals surface area (Å²) in [5.41, 5.74) is 0. The van der Waals surface area contributed by atoms with Crippen LogP contribution >= 0.6 is 0 Å². The molecule has 0 aliphatic carbocycles. The van der Waals surface area contributed by atoms with E-state index in [1.807, 2.05) is 6.92 Å². The summed E-state index contributed by atoms with van der Waals surface area (Å²) in [5, 5.41) is 2.18. The Bertz CT molecular complexity index is 303. The molecule has 3 amide bonds. The highest BCUT2D eigenvalue weighted by Gasteiger charge is 2.32. The minimum Gasteiger partial charge on any atom is -0.381 e. The number of nitrogens with zero attached hydrogens (tertiary/aromatic N) is 1. The van der Waals surface area contributed by atoms with Crippen molar-refractivity contribution in [3.63, 3.8) is 0 Å². The number of hydrogen-bond acceptors (Lipinski definition) is 4. The molecule has 1 rings (SSSR count). The van der Waals surface area contributed by atoms with Crippen molar-refractivity contribution in [2.75, 3.05) is 19.8 Å². The fraction of sp³-hybridized carbons (Fsp3) is 0.700. The van der Waals surface area contributed by atoms with Gasteiger partial charge in [0.05, 0.1) is 13.0 Å². The predicted molar refractivity (Wildman–Crippen MR) is 55.4 cm³/mol. The smallest absolute Gasteiger partial charge is 0.249 e. The van der Waals surface area contributed by atoms with E-state index in [1.54, 1.807) is 6.92 Å². The molecule has 6 nitrogen and oxygen atoms in total. The predicted octanol–water partition coefficient (Wildman–Crippen LogP) is -0.713. The summed E-state index contributed by atoms with van der Waals surface area (Å²) in [6, 6.07) is -0.591. The molecule has 6 heteroatoms. The summed E-state index contributed by atoms with van der Waals surface area (Å²) in [7, 11) is 0. The van der Waals surface area contributed by atoms with Crippen molar-refractivity contribution in [1.29, 1.82) is 0 Å². The van der Waals surface area contributed by atoms with Crippen LogP contribution in [0.2, 0.25) is 0 Å². The minimum absolute atomic E-state index is 0.0577. The third-order valence-electron chi connectivity index (χ3n) is 2.41. The zero-order valence-electron chi connectivity index (χ0n) is 9.49. The average molecular weight is 228 g/mol. The number of piperazine rings is 1. The highest BCUT2D eigenvalue weighted by molar-refractivity contribution is 6.04. The summed E-state index contributed by atoms with van der Waals surface area (Å²) >= 11 is 0. The Morgan fingerprint density at radius 2 is 2.25 bits per heavy atom. The van der Waals surface area contributed by atoms with Crippen LogP contribution < -0.4 is 5.32 Å². The van der Waals surface area contributed by atoms with E-state index >= 15 is 0 Å². The SMILES string of the molecule is CCOCCC(=O)N1CC(=O)NC(=O)C1C. The van der Waals surface area contributed by atoms with Crippen molar-refractivity contribution in [2.45, 2.75) is 26.3 Å². The summed E-state index contributed by atoms with van der Waals surface area (Å²) in [4.78, 5) is 35.4. The molecule has 1 aliphatic rings. The summed E-state index contributed by atoms with van der Waals surface area (Å²) in [5.74, 6) is -1.10. The second kappa shape index (κ2) is 5.60. The van der Waals surface area contributed by atoms with Gasteiger partial charge in [0, 0.05) is 6.61 Å². The number of hydrogen-bond donors (Lipinski definition) is 1. The average Bonchev–Trinajstić information content (AvgIpc) is 2.23. The van der Waals surface area contributed by atoms with Crippen LogP contribution in [0.3, 0.4) is 0 Å². The lowest BCUT2D eigenvalue weighted by molar-refractivity contribution is -0.149. The molecular weight excluding hydrogens is 212 g/mol. The molecule has 16 heavy (non-hydrogen) atoms. The molecule has 1 aliphatic heterocycles. The topological polar surface area (TPSA) is 75.7 Å². The van der Waals surface area contributed by atoms with E-state index in [0.29, 0.717) is 13.2 Å². The van der Waals surface area contributed by atoms with Crippen LogP contribution in [0.15, 0.2) is 0 Å². The Hall–Kier alpha value is -1.43. The molecule has 0 spiro atoms. The fourth-order valence-electron chi connectivity index (χ4n) is 1.47. The van der Waals surface area contributed by atoms with E-state index in [2.05, 4.69) is 5.32 Å². The molecule has 0 aromatic rings. The standard InChI is InChI=1S/C10H16N2O4/c1-3-16-5-4-9(14)12-6-8(13)11-10(15)7(12)2/h7H,3-6H2,1-2H3,(H,11,13,15). The van der Waals surface area contributed by atoms with E-state index < -0.39 is 17.9 Å². The quantitative estimate of drug-likeness (QED) is 0.509. The molecule has 1 heterocycles. The fourth-order valence-corrected chi connectivity index (χ4v) is 1.47. The van der Waals surface area contributed by atoms with Gasteiger partial charge in [-0.2, -0.15) is 0 Å². The third kappa shape index (κ3) is 3.03. The lowest BCUT2D eigenvalue weighted by Gasteiger charge is -2.31. The molecule has 0 radical (unpaired) electrons. The van der Waals surface area contributed by atoms with Gasteiger partial charge in [-0.25, -0.2) is 0 Å². The summed E-state index contributed by atoms with van der Waals surface area (Å²) in [6.45, 7) is 4.24. The van der Waals surface area contributed by atoms with Crippen LogP contribution in [0.1, 0.15) is 20.3 Å². The molecule has 0 saturated carbocycles. The Morgan fingerprint density at radius 3 is 2.88 bits per heavy atom. The van der Waals surface area contributed by atoms with Crippen LogP contribution in [-0.2, 0) is 19.1 Å². The molecule has 0 bridgehead atoms. The lowest BCUT2D eigenvalue weighted by Crippen LogP contribution is -2.58. The summed E-state index contributed by atoms with van der Waals surface area (Å²) in [6.07, 6.45) is 0.193. The first-order chi connectivity index (χ1) is 7.56. The number of amides is 3. The first-order valence-corrected chi connectivity index (χ1v) is 5.27. The van der Waals surface area contributed by atoms with Crippen molar-refractivity contribution in [3.8, 4) is 0 Å². The first-order valence-electron chi connectivity index (χ1n) is 5.27. The summed E-state index contributed by atoms with van der Waals surface area (Å²) < 4.78 is 5.05. The van der Waals surface area contributed by atoms with Gasteiger partial charge in [0.15, 0.2) is 0 Å². The molecule has 0 aromatic heterocycles. The molecule has 1 fully saturated rings. The van der Waals surface area contributed by atoms with Gasteiger partial charge in [-0.1, -0.05) is 0 Å². The van der Waals surface area contributed by atoms with Crippen LogP contribution in [0.4, 0.5) is 0 Å². The van der Waals surface area contributed by atoms with Gasteiger partial charge in [0.1, 0.15) is 12.6 Å². The van der Waals surface area contributed by atoms with Crippen molar-refractivity contribution < 1.29 is 19.1 Å². The largest absolute Gasteiger partial charge is 0.381 e. The lowest BCUT2D eigenvalue weighted by atomic mass is 10.2. The number of rotatable bonds is 4. The maximum absolute atomic E-state index is 11.7. The molecule has 1 unspecified atom stereocenters. The third-order valence-corrected chi connectivity index (χ3v) is 2.41. The van der Waals surface area contributed by atoms with Gasteiger partial charge >= 0.3 is 0 Å². The Kier molecular flexibility index (Phi) is 4.42. The number of imide groups is 1. The van der Waals surface area contributed by atoms with Gasteiger partial charge in [-0.05, 0) is 13.8 Å². The molecule has 0 aromatic carbocycles. The Balaban J connectivity index is 2.53. The second-order valence-corrected chi connectivity index (χ2v) is 3.56. The van der Waals surface area contributed by atoms with E-state index in [9.17, 15) is 14.4 Å². The van der Waals surface area contributed by atoms with Gasteiger partial charge in [-0.3, -0.25) is 19.7 Å². The second-order valence-electron chi connectivity index (χ2n) is 3.56. The molecule has 90 valence electrons. The van der Waals surface area contributed by atoms with Crippen molar-refractivity contribution in [3.05, 3.63) is 0 Å². The van der Waals surface area contributed by atoms with Crippen molar-refractivity contribution in [1.82, 2.24) is 10.2 Å². The zero-order chi connectivity index (χ0) is 12.1. The number of carbonyl (C=O) groups is 3. The Labute approximate surface area is 93.9 Å². The first kappa shape index (κ1) is 12.6. The minimum atomic E-state index is -0.591. The molecular formula is C10H16N2O4. The zero-order valence-corrected chi connectivity index (χ0v) is 9.49. The van der Waals surface area contributed by atoms with Gasteiger partial charge in [-0.15, -0.1) is 0 Å². The van der Waals surface area contributed by atoms with E-state index in [-0.39, 0.29) is 18.9 Å². The van der Waals surface area contributed by atoms with Crippen LogP contribution in [-0.4, -0.2) is 48.4 Å². The van der Waals surface area contributed by atoms with Crippen LogP contribution in [0, 0.1) is 0 Å². The van der Waals surface area contributed by atoms with Crippen LogP contribution in [0.5, 0.6) is 0 Å². The van der Waals surface area contributed by atoms with E-state index in [4.69, 9.17) is 4.74 Å². The monoisotopic (exact) mass is 228 g/mol. The van der Waals surface area contributed by atoms with Gasteiger partial charge < -0.3 is 9.64 Å². The highest BCUT2D eigenvalue weighted by Crippen LogP contribution is 2.06. The normalized spacial score (nSPS) is 20.9. The maximum Gasteiger partial charge on any atom is 0.249 e. The molecule has 1 atom stereocenters. The van der Waals surface area contributed by atoms with E-state index in [0.717, 1.165) is 0 Å². The maximum atomic E-state index is 11.7. The van der Waals surface area contributed by atoms with Gasteiger partial charge in [0.25, 0.3) is 0 Å². The van der Waals surface area contributed by atoms with E-state index in [1.165, 1.54) is 4.90 Å².